The average Bonchev–Trinajstić information content (AvgIpc) is 2.77. The topological polar surface area (TPSA) is 67.8 Å². The van der Waals surface area contributed by atoms with Crippen molar-refractivity contribution in [1.82, 2.24) is 0 Å². The summed E-state index contributed by atoms with van der Waals surface area (Å²) in [6, 6.07) is 11.0. The van der Waals surface area contributed by atoms with Crippen LogP contribution in [0.3, 0.4) is 0 Å². The third-order valence-corrected chi connectivity index (χ3v) is 5.67. The summed E-state index contributed by atoms with van der Waals surface area (Å²) < 4.78 is 11.0. The fraction of sp³-hybridized carbons (Fsp3) is 0.321. The van der Waals surface area contributed by atoms with Crippen LogP contribution in [0.1, 0.15) is 68.1 Å². The molecule has 0 aromatic heterocycles. The molecule has 1 heterocycles. The molecule has 2 N–H and O–H groups in total. The summed E-state index contributed by atoms with van der Waals surface area (Å²) in [5.74, 6) is 0.538. The lowest BCUT2D eigenvalue weighted by Crippen LogP contribution is -2.32. The maximum atomic E-state index is 12.8. The predicted molar refractivity (Wildman–Crippen MR) is 135 cm³/mol. The smallest absolute Gasteiger partial charge is 0.338 e. The van der Waals surface area contributed by atoms with Crippen LogP contribution in [0.2, 0.25) is 0 Å². The van der Waals surface area contributed by atoms with E-state index < -0.39 is 0 Å². The van der Waals surface area contributed by atoms with Crippen molar-refractivity contribution < 1.29 is 19.4 Å². The number of benzene rings is 2. The molecule has 0 aliphatic carbocycles. The van der Waals surface area contributed by atoms with Crippen molar-refractivity contribution in [3.05, 3.63) is 82.6 Å². The van der Waals surface area contributed by atoms with Gasteiger partial charge in [-0.05, 0) is 87.2 Å². The number of hydrogen-bond acceptors (Lipinski definition) is 5. The first-order chi connectivity index (χ1) is 15.6. The van der Waals surface area contributed by atoms with E-state index in [0.29, 0.717) is 11.3 Å². The Bertz CT molecular complexity index is 1120. The molecule has 0 unspecified atom stereocenters. The highest BCUT2D eigenvalue weighted by molar-refractivity contribution is 5.90. The lowest BCUT2D eigenvalue weighted by atomic mass is 9.84. The maximum absolute atomic E-state index is 12.8. The van der Waals surface area contributed by atoms with E-state index in [1.807, 2.05) is 6.08 Å². The van der Waals surface area contributed by atoms with Gasteiger partial charge < -0.3 is 19.9 Å². The van der Waals surface area contributed by atoms with Crippen molar-refractivity contribution >= 4 is 22.8 Å². The lowest BCUT2D eigenvalue weighted by molar-refractivity contribution is 0.0472. The molecule has 2 aromatic carbocycles. The highest BCUT2D eigenvalue weighted by Gasteiger charge is 2.26. The number of aliphatic hydroxyl groups excluding tert-OH is 1. The van der Waals surface area contributed by atoms with Gasteiger partial charge in [-0.25, -0.2) is 4.79 Å². The number of esters is 1. The molecule has 174 valence electrons. The predicted octanol–water partition coefficient (Wildman–Crippen LogP) is 6.91. The Labute approximate surface area is 196 Å². The van der Waals surface area contributed by atoms with Gasteiger partial charge in [-0.15, -0.1) is 0 Å². The van der Waals surface area contributed by atoms with Crippen molar-refractivity contribution in [1.29, 1.82) is 0 Å². The second-order valence-electron chi connectivity index (χ2n) is 8.85. The number of fused-ring (bicyclic) bond motifs is 1. The second-order valence-corrected chi connectivity index (χ2v) is 8.85. The number of hydrogen-bond donors (Lipinski definition) is 2. The van der Waals surface area contributed by atoms with Gasteiger partial charge in [0.05, 0.1) is 24.0 Å². The summed E-state index contributed by atoms with van der Waals surface area (Å²) >= 11 is 0. The highest BCUT2D eigenvalue weighted by Crippen LogP contribution is 2.40. The van der Waals surface area contributed by atoms with Crippen LogP contribution >= 0.6 is 0 Å². The van der Waals surface area contributed by atoms with Gasteiger partial charge in [0.2, 0.25) is 0 Å². The second kappa shape index (κ2) is 9.99. The van der Waals surface area contributed by atoms with E-state index >= 15 is 0 Å². The summed E-state index contributed by atoms with van der Waals surface area (Å²) in [6.45, 7) is 10.2. The fourth-order valence-corrected chi connectivity index (χ4v) is 4.22. The van der Waals surface area contributed by atoms with E-state index in [1.165, 1.54) is 0 Å². The minimum absolute atomic E-state index is 0.135. The molecule has 1 aliphatic rings. The molecule has 5 nitrogen and oxygen atoms in total. The summed E-state index contributed by atoms with van der Waals surface area (Å²) in [4.78, 5) is 12.8. The van der Waals surface area contributed by atoms with Crippen LogP contribution in [-0.4, -0.2) is 23.7 Å². The Hall–Kier alpha value is -3.47. The van der Waals surface area contributed by atoms with Gasteiger partial charge >= 0.3 is 5.97 Å². The number of methoxy groups -OCH3 is 1. The molecule has 33 heavy (non-hydrogen) atoms. The molecule has 1 aliphatic heterocycles. The third-order valence-electron chi connectivity index (χ3n) is 5.67. The van der Waals surface area contributed by atoms with E-state index in [9.17, 15) is 9.90 Å². The van der Waals surface area contributed by atoms with E-state index in [2.05, 4.69) is 51.2 Å². The van der Waals surface area contributed by atoms with Crippen LogP contribution in [0.4, 0.5) is 5.69 Å². The summed E-state index contributed by atoms with van der Waals surface area (Å²) in [6.07, 6.45) is 6.57. The van der Waals surface area contributed by atoms with Crippen molar-refractivity contribution in [2.75, 3.05) is 12.4 Å². The number of carbonyl (C=O) groups is 1. The number of allylic oxidation sites excluding steroid dienone is 5. The zero-order chi connectivity index (χ0) is 24.2. The quantitative estimate of drug-likeness (QED) is 0.274. The van der Waals surface area contributed by atoms with Gasteiger partial charge in [-0.3, -0.25) is 0 Å². The van der Waals surface area contributed by atoms with Gasteiger partial charge in [0.1, 0.15) is 12.4 Å². The number of rotatable bonds is 7. The summed E-state index contributed by atoms with van der Waals surface area (Å²) in [7, 11) is 1.59. The molecule has 0 atom stereocenters. The Morgan fingerprint density at radius 1 is 1.12 bits per heavy atom. The van der Waals surface area contributed by atoms with Crippen LogP contribution < -0.4 is 10.1 Å². The van der Waals surface area contributed by atoms with Gasteiger partial charge in [0.25, 0.3) is 0 Å². The number of ether oxygens (including phenoxy) is 2. The minimum atomic E-state index is -0.389. The molecule has 3 rings (SSSR count). The number of anilines is 1. The molecule has 0 amide bonds. The molecule has 0 spiro atoms. The van der Waals surface area contributed by atoms with Crippen molar-refractivity contribution in [3.8, 4) is 5.75 Å². The molecule has 0 fully saturated rings. The van der Waals surface area contributed by atoms with E-state index in [1.54, 1.807) is 44.4 Å². The number of carbonyl (C=O) groups excluding carboxylic acids is 1. The van der Waals surface area contributed by atoms with Crippen LogP contribution in [0, 0.1) is 0 Å². The molecule has 0 saturated carbocycles. The number of nitrogens with one attached hydrogen (secondary N) is 1. The third kappa shape index (κ3) is 5.67. The van der Waals surface area contributed by atoms with E-state index in [0.717, 1.165) is 39.9 Å². The Morgan fingerprint density at radius 2 is 1.82 bits per heavy atom. The molecule has 2 aromatic rings. The summed E-state index contributed by atoms with van der Waals surface area (Å²) in [5.41, 5.74) is 6.51. The Morgan fingerprint density at radius 3 is 2.42 bits per heavy atom. The highest BCUT2D eigenvalue weighted by atomic mass is 16.5. The normalized spacial score (nSPS) is 15.3. The van der Waals surface area contributed by atoms with Crippen LogP contribution in [-0.2, 0) is 11.3 Å². The Balaban J connectivity index is 2.03. The first-order valence-corrected chi connectivity index (χ1v) is 11.2. The largest absolute Gasteiger partial charge is 0.513 e. The fourth-order valence-electron chi connectivity index (χ4n) is 4.22. The molecule has 0 radical (unpaired) electrons. The van der Waals surface area contributed by atoms with Gasteiger partial charge in [-0.2, -0.15) is 0 Å². The molecular formula is C28H33NO4. The molecule has 5 heteroatoms. The van der Waals surface area contributed by atoms with Crippen LogP contribution in [0.15, 0.2) is 60.4 Å². The van der Waals surface area contributed by atoms with Gasteiger partial charge in [0.15, 0.2) is 0 Å². The molecule has 0 saturated heterocycles. The summed E-state index contributed by atoms with van der Waals surface area (Å²) in [5, 5.41) is 13.2. The minimum Gasteiger partial charge on any atom is -0.513 e. The maximum Gasteiger partial charge on any atom is 0.338 e. The zero-order valence-electron chi connectivity index (χ0n) is 20.3. The van der Waals surface area contributed by atoms with Crippen molar-refractivity contribution in [3.63, 3.8) is 0 Å². The van der Waals surface area contributed by atoms with Crippen molar-refractivity contribution in [2.45, 2.75) is 53.2 Å². The van der Waals surface area contributed by atoms with Gasteiger partial charge in [0, 0.05) is 16.8 Å². The van der Waals surface area contributed by atoms with Gasteiger partial charge in [-0.1, -0.05) is 25.1 Å². The van der Waals surface area contributed by atoms with Crippen LogP contribution in [0.5, 0.6) is 5.75 Å². The standard InChI is InChI=1S/C28H33NO4/c1-7-20(9-8-19(3)30)23-14-15-25-26(18(2)16-28(4,5)29-25)24(23)17-33-27(31)21-10-12-22(32-6)13-11-21/h8-16,29-30H,7,17H2,1-6H3/b19-8+,20-9+. The first kappa shape index (κ1) is 24.2. The van der Waals surface area contributed by atoms with E-state index in [4.69, 9.17) is 9.47 Å². The first-order valence-electron chi connectivity index (χ1n) is 11.2. The van der Waals surface area contributed by atoms with E-state index in [-0.39, 0.29) is 23.9 Å². The SMILES string of the molecule is CC/C(=C\C=C(/C)O)c1ccc2c(c1COC(=O)c1ccc(OC)cc1)C(C)=CC(C)(C)N2. The monoisotopic (exact) mass is 447 g/mol. The Kier molecular flexibility index (Phi) is 7.32. The van der Waals surface area contributed by atoms with Crippen molar-refractivity contribution in [2.24, 2.45) is 0 Å². The lowest BCUT2D eigenvalue weighted by Gasteiger charge is -2.33. The number of aliphatic hydroxyl groups is 1. The zero-order valence-corrected chi connectivity index (χ0v) is 20.3. The van der Waals surface area contributed by atoms with Crippen LogP contribution in [0.25, 0.3) is 11.1 Å². The average molecular weight is 448 g/mol. The molecule has 0 bridgehead atoms. The molecular weight excluding hydrogens is 414 g/mol.